The molecule has 2 aromatic carbocycles. The van der Waals surface area contributed by atoms with Gasteiger partial charge in [-0.1, -0.05) is 31.2 Å². The molecule has 0 saturated carbocycles. The smallest absolute Gasteiger partial charge is 0.317 e. The van der Waals surface area contributed by atoms with Crippen LogP contribution in [0.15, 0.2) is 54.6 Å². The molecular weight excluding hydrogens is 435 g/mol. The van der Waals surface area contributed by atoms with Crippen LogP contribution in [-0.4, -0.2) is 46.5 Å². The van der Waals surface area contributed by atoms with Gasteiger partial charge in [0, 0.05) is 25.8 Å². The van der Waals surface area contributed by atoms with Crippen molar-refractivity contribution < 1.29 is 18.7 Å². The van der Waals surface area contributed by atoms with Gasteiger partial charge in [0.05, 0.1) is 29.6 Å². The summed E-state index contributed by atoms with van der Waals surface area (Å²) in [6.45, 7) is 5.93. The van der Waals surface area contributed by atoms with Gasteiger partial charge in [-0.15, -0.1) is 0 Å². The van der Waals surface area contributed by atoms with E-state index >= 15 is 0 Å². The van der Waals surface area contributed by atoms with Crippen molar-refractivity contribution in [1.82, 2.24) is 20.0 Å². The van der Waals surface area contributed by atoms with Crippen molar-refractivity contribution in [2.24, 2.45) is 0 Å². The zero-order chi connectivity index (χ0) is 23.9. The SMILES string of the molecule is CCNC(=O)N(Cc1c(CC)nn(-c2ccccc2)c1Oc1cccc(F)c1)C[C@H]1CCCO1. The van der Waals surface area contributed by atoms with Gasteiger partial charge in [-0.25, -0.2) is 13.9 Å². The van der Waals surface area contributed by atoms with Crippen LogP contribution in [0.4, 0.5) is 9.18 Å². The first-order valence-electron chi connectivity index (χ1n) is 11.8. The summed E-state index contributed by atoms with van der Waals surface area (Å²) in [5.41, 5.74) is 2.43. The highest BCUT2D eigenvalue weighted by Crippen LogP contribution is 2.33. The number of carbonyl (C=O) groups excluding carboxylic acids is 1. The van der Waals surface area contributed by atoms with E-state index in [2.05, 4.69) is 5.32 Å². The molecule has 1 saturated heterocycles. The number of rotatable bonds is 9. The van der Waals surface area contributed by atoms with Gasteiger partial charge in [0.2, 0.25) is 5.88 Å². The van der Waals surface area contributed by atoms with Crippen molar-refractivity contribution in [3.8, 4) is 17.3 Å². The summed E-state index contributed by atoms with van der Waals surface area (Å²) in [5.74, 6) is 0.447. The van der Waals surface area contributed by atoms with Crippen LogP contribution >= 0.6 is 0 Å². The van der Waals surface area contributed by atoms with Crippen molar-refractivity contribution >= 4 is 6.03 Å². The summed E-state index contributed by atoms with van der Waals surface area (Å²) in [5, 5.41) is 7.72. The fourth-order valence-electron chi connectivity index (χ4n) is 4.12. The van der Waals surface area contributed by atoms with E-state index in [9.17, 15) is 9.18 Å². The van der Waals surface area contributed by atoms with Gasteiger partial charge in [-0.05, 0) is 50.5 Å². The number of nitrogens with one attached hydrogen (secondary N) is 1. The van der Waals surface area contributed by atoms with Crippen LogP contribution in [0.2, 0.25) is 0 Å². The summed E-state index contributed by atoms with van der Waals surface area (Å²) in [7, 11) is 0. The molecule has 1 atom stereocenters. The average molecular weight is 467 g/mol. The van der Waals surface area contributed by atoms with Gasteiger partial charge < -0.3 is 19.7 Å². The minimum atomic E-state index is -0.386. The number of para-hydroxylation sites is 1. The second-order valence-corrected chi connectivity index (χ2v) is 8.24. The Bertz CT molecular complexity index is 1100. The molecule has 8 heteroatoms. The Labute approximate surface area is 199 Å². The molecule has 0 bridgehead atoms. The first-order chi connectivity index (χ1) is 16.6. The van der Waals surface area contributed by atoms with Crippen molar-refractivity contribution in [3.63, 3.8) is 0 Å². The van der Waals surface area contributed by atoms with Crippen LogP contribution in [0.5, 0.6) is 11.6 Å². The van der Waals surface area contributed by atoms with E-state index in [1.807, 2.05) is 44.2 Å². The highest BCUT2D eigenvalue weighted by Gasteiger charge is 2.27. The number of aryl methyl sites for hydroxylation is 1. The summed E-state index contributed by atoms with van der Waals surface area (Å²) in [6, 6.07) is 15.5. The number of benzene rings is 2. The lowest BCUT2D eigenvalue weighted by Gasteiger charge is -2.26. The number of hydrogen-bond donors (Lipinski definition) is 1. The molecule has 34 heavy (non-hydrogen) atoms. The predicted octanol–water partition coefficient (Wildman–Crippen LogP) is 5.08. The Kier molecular flexibility index (Phi) is 7.80. The van der Waals surface area contributed by atoms with E-state index in [-0.39, 0.29) is 18.0 Å². The fraction of sp³-hybridized carbons (Fsp3) is 0.385. The van der Waals surface area contributed by atoms with Crippen molar-refractivity contribution in [2.75, 3.05) is 19.7 Å². The number of hydrogen-bond acceptors (Lipinski definition) is 4. The maximum Gasteiger partial charge on any atom is 0.317 e. The molecule has 0 spiro atoms. The molecule has 2 heterocycles. The van der Waals surface area contributed by atoms with Gasteiger partial charge >= 0.3 is 6.03 Å². The number of carbonyl (C=O) groups is 1. The van der Waals surface area contributed by atoms with Gasteiger partial charge in [0.15, 0.2) is 0 Å². The lowest BCUT2D eigenvalue weighted by molar-refractivity contribution is 0.0793. The fourth-order valence-corrected chi connectivity index (χ4v) is 4.12. The predicted molar refractivity (Wildman–Crippen MR) is 128 cm³/mol. The summed E-state index contributed by atoms with van der Waals surface area (Å²) >= 11 is 0. The monoisotopic (exact) mass is 466 g/mol. The lowest BCUT2D eigenvalue weighted by Crippen LogP contribution is -2.43. The van der Waals surface area contributed by atoms with E-state index in [4.69, 9.17) is 14.6 Å². The van der Waals surface area contributed by atoms with Crippen LogP contribution in [-0.2, 0) is 17.7 Å². The Balaban J connectivity index is 1.75. The zero-order valence-corrected chi connectivity index (χ0v) is 19.7. The van der Waals surface area contributed by atoms with E-state index in [1.165, 1.54) is 12.1 Å². The molecule has 4 rings (SSSR count). The molecule has 3 aromatic rings. The molecule has 1 aliphatic heterocycles. The maximum absolute atomic E-state index is 13.9. The Morgan fingerprint density at radius 2 is 2.06 bits per heavy atom. The van der Waals surface area contributed by atoms with Crippen LogP contribution in [0.3, 0.4) is 0 Å². The average Bonchev–Trinajstić information content (AvgIpc) is 3.47. The second-order valence-electron chi connectivity index (χ2n) is 8.24. The van der Waals surface area contributed by atoms with Crippen LogP contribution < -0.4 is 10.1 Å². The molecular formula is C26H31FN4O3. The van der Waals surface area contributed by atoms with Crippen molar-refractivity contribution in [3.05, 3.63) is 71.7 Å². The first kappa shape index (κ1) is 23.8. The lowest BCUT2D eigenvalue weighted by atomic mass is 10.1. The largest absolute Gasteiger partial charge is 0.438 e. The second kappa shape index (κ2) is 11.2. The zero-order valence-electron chi connectivity index (χ0n) is 19.7. The Morgan fingerprint density at radius 3 is 2.74 bits per heavy atom. The third-order valence-corrected chi connectivity index (χ3v) is 5.78. The van der Waals surface area contributed by atoms with Crippen LogP contribution in [0, 0.1) is 5.82 Å². The van der Waals surface area contributed by atoms with Crippen molar-refractivity contribution in [1.29, 1.82) is 0 Å². The molecule has 2 amide bonds. The normalized spacial score (nSPS) is 15.3. The summed E-state index contributed by atoms with van der Waals surface area (Å²) < 4.78 is 27.7. The van der Waals surface area contributed by atoms with Crippen LogP contribution in [0.25, 0.3) is 5.69 Å². The number of halogens is 1. The van der Waals surface area contributed by atoms with E-state index in [0.29, 0.717) is 44.3 Å². The number of urea groups is 1. The molecule has 0 aliphatic carbocycles. The Hall–Kier alpha value is -3.39. The van der Waals surface area contributed by atoms with E-state index < -0.39 is 0 Å². The maximum atomic E-state index is 13.9. The van der Waals surface area contributed by atoms with E-state index in [1.54, 1.807) is 21.7 Å². The number of ether oxygens (including phenoxy) is 2. The highest BCUT2D eigenvalue weighted by atomic mass is 19.1. The molecule has 1 fully saturated rings. The first-order valence-corrected chi connectivity index (χ1v) is 11.8. The number of aromatic nitrogens is 2. The Morgan fingerprint density at radius 1 is 1.24 bits per heavy atom. The van der Waals surface area contributed by atoms with Crippen LogP contribution in [0.1, 0.15) is 37.9 Å². The molecule has 0 radical (unpaired) electrons. The molecule has 7 nitrogen and oxygen atoms in total. The molecule has 0 unspecified atom stereocenters. The number of nitrogens with zero attached hydrogens (tertiary/aromatic N) is 3. The van der Waals surface area contributed by atoms with E-state index in [0.717, 1.165) is 29.8 Å². The highest BCUT2D eigenvalue weighted by molar-refractivity contribution is 5.74. The third kappa shape index (κ3) is 5.56. The number of amides is 2. The minimum absolute atomic E-state index is 0.00411. The molecule has 1 N–H and O–H groups in total. The standard InChI is InChI=1S/C26H31FN4O3/c1-3-24-23(18-30(26(32)28-4-2)17-22-14-9-15-33-22)25(34-21-13-8-10-19(27)16-21)31(29-24)20-11-6-5-7-12-20/h5-8,10-13,16,22H,3-4,9,14-15,17-18H2,1-2H3,(H,28,32)/t22-/m1/s1. The minimum Gasteiger partial charge on any atom is -0.438 e. The third-order valence-electron chi connectivity index (χ3n) is 5.78. The quantitative estimate of drug-likeness (QED) is 0.478. The van der Waals surface area contributed by atoms with Gasteiger partial charge in [-0.3, -0.25) is 0 Å². The van der Waals surface area contributed by atoms with Gasteiger partial charge in [0.1, 0.15) is 11.6 Å². The summed E-state index contributed by atoms with van der Waals surface area (Å²) in [6.07, 6.45) is 2.57. The molecule has 1 aliphatic rings. The topological polar surface area (TPSA) is 68.6 Å². The van der Waals surface area contributed by atoms with Gasteiger partial charge in [-0.2, -0.15) is 5.10 Å². The molecule has 1 aromatic heterocycles. The summed E-state index contributed by atoms with van der Waals surface area (Å²) in [4.78, 5) is 14.7. The van der Waals surface area contributed by atoms with Crippen molar-refractivity contribution in [2.45, 2.75) is 45.8 Å². The molecule has 180 valence electrons. The van der Waals surface area contributed by atoms with Gasteiger partial charge in [0.25, 0.3) is 0 Å².